The summed E-state index contributed by atoms with van der Waals surface area (Å²) in [5.41, 5.74) is 0.648. The van der Waals surface area contributed by atoms with E-state index < -0.39 is 6.10 Å². The summed E-state index contributed by atoms with van der Waals surface area (Å²) < 4.78 is 5.63. The van der Waals surface area contributed by atoms with Crippen molar-refractivity contribution in [2.45, 2.75) is 39.3 Å². The van der Waals surface area contributed by atoms with Crippen LogP contribution in [0.25, 0.3) is 0 Å². The first-order valence-electron chi connectivity index (χ1n) is 5.87. The normalized spacial score (nSPS) is 19.2. The number of anilines is 1. The van der Waals surface area contributed by atoms with E-state index in [-0.39, 0.29) is 17.7 Å². The van der Waals surface area contributed by atoms with E-state index in [1.54, 1.807) is 23.1 Å². The first-order chi connectivity index (χ1) is 8.04. The van der Waals surface area contributed by atoms with Gasteiger partial charge in [-0.3, -0.25) is 4.79 Å². The Morgan fingerprint density at radius 3 is 2.76 bits per heavy atom. The molecule has 0 spiro atoms. The summed E-state index contributed by atoms with van der Waals surface area (Å²) in [6.07, 6.45) is 0.219. The first kappa shape index (κ1) is 11.8. The molecule has 0 bridgehead atoms. The lowest BCUT2D eigenvalue weighted by Crippen LogP contribution is -2.48. The molecular formula is C13H17NO3. The molecule has 17 heavy (non-hydrogen) atoms. The molecule has 0 saturated heterocycles. The summed E-state index contributed by atoms with van der Waals surface area (Å²) in [5, 5.41) is 9.50. The van der Waals surface area contributed by atoms with Crippen molar-refractivity contribution in [1.29, 1.82) is 0 Å². The molecule has 1 unspecified atom stereocenters. The van der Waals surface area contributed by atoms with E-state index in [0.29, 0.717) is 17.9 Å². The highest BCUT2D eigenvalue weighted by molar-refractivity contribution is 6.00. The van der Waals surface area contributed by atoms with Crippen molar-refractivity contribution < 1.29 is 14.6 Å². The number of carbonyl (C=O) groups excluding carboxylic acids is 1. The molecule has 4 heteroatoms. The minimum atomic E-state index is -0.422. The zero-order valence-corrected chi connectivity index (χ0v) is 10.3. The average Bonchev–Trinajstić information content (AvgIpc) is 2.27. The minimum Gasteiger partial charge on any atom is -0.508 e. The molecule has 1 heterocycles. The van der Waals surface area contributed by atoms with Crippen LogP contribution in [-0.4, -0.2) is 23.2 Å². The Morgan fingerprint density at radius 2 is 2.18 bits per heavy atom. The minimum absolute atomic E-state index is 0.0411. The van der Waals surface area contributed by atoms with Crippen molar-refractivity contribution >= 4 is 11.6 Å². The van der Waals surface area contributed by atoms with E-state index in [9.17, 15) is 9.90 Å². The van der Waals surface area contributed by atoms with Crippen molar-refractivity contribution in [3.63, 3.8) is 0 Å². The molecule has 1 aromatic rings. The number of ether oxygens (including phenoxy) is 1. The van der Waals surface area contributed by atoms with E-state index in [0.717, 1.165) is 0 Å². The zero-order chi connectivity index (χ0) is 12.6. The summed E-state index contributed by atoms with van der Waals surface area (Å²) in [6, 6.07) is 4.88. The van der Waals surface area contributed by atoms with Gasteiger partial charge in [0.2, 0.25) is 0 Å². The number of hydrogen-bond donors (Lipinski definition) is 1. The number of phenolic OH excluding ortho intramolecular Hbond substituents is 1. The summed E-state index contributed by atoms with van der Waals surface area (Å²) in [7, 11) is 0. The first-order valence-corrected chi connectivity index (χ1v) is 5.87. The summed E-state index contributed by atoms with van der Waals surface area (Å²) in [5.74, 6) is 0.754. The molecule has 1 aromatic carbocycles. The Balaban J connectivity index is 2.50. The van der Waals surface area contributed by atoms with Gasteiger partial charge in [0.25, 0.3) is 5.91 Å². The molecule has 4 nitrogen and oxygen atoms in total. The SMILES string of the molecule is CCC1Oc2ccc(O)cc2N(C(C)C)C1=O. The number of benzene rings is 1. The topological polar surface area (TPSA) is 49.8 Å². The molecule has 1 N–H and O–H groups in total. The van der Waals surface area contributed by atoms with E-state index in [2.05, 4.69) is 0 Å². The number of carbonyl (C=O) groups is 1. The molecule has 0 aromatic heterocycles. The third-order valence-corrected chi connectivity index (χ3v) is 2.87. The van der Waals surface area contributed by atoms with Gasteiger partial charge in [-0.05, 0) is 32.4 Å². The number of hydrogen-bond acceptors (Lipinski definition) is 3. The van der Waals surface area contributed by atoms with Gasteiger partial charge in [-0.1, -0.05) is 6.92 Å². The number of amides is 1. The monoisotopic (exact) mass is 235 g/mol. The van der Waals surface area contributed by atoms with Crippen LogP contribution in [0.1, 0.15) is 27.2 Å². The van der Waals surface area contributed by atoms with Crippen molar-refractivity contribution in [2.75, 3.05) is 4.90 Å². The fourth-order valence-electron chi connectivity index (χ4n) is 2.06. The second-order valence-corrected chi connectivity index (χ2v) is 4.47. The Kier molecular flexibility index (Phi) is 2.96. The van der Waals surface area contributed by atoms with Crippen LogP contribution in [0.4, 0.5) is 5.69 Å². The highest BCUT2D eigenvalue weighted by atomic mass is 16.5. The van der Waals surface area contributed by atoms with E-state index >= 15 is 0 Å². The highest BCUT2D eigenvalue weighted by Crippen LogP contribution is 2.38. The van der Waals surface area contributed by atoms with E-state index in [1.807, 2.05) is 20.8 Å². The van der Waals surface area contributed by atoms with E-state index in [1.165, 1.54) is 0 Å². The molecule has 2 rings (SSSR count). The predicted octanol–water partition coefficient (Wildman–Crippen LogP) is 2.30. The van der Waals surface area contributed by atoms with Crippen LogP contribution in [-0.2, 0) is 4.79 Å². The van der Waals surface area contributed by atoms with Crippen molar-refractivity contribution in [2.24, 2.45) is 0 Å². The Hall–Kier alpha value is -1.71. The molecular weight excluding hydrogens is 218 g/mol. The van der Waals surface area contributed by atoms with Crippen molar-refractivity contribution in [3.8, 4) is 11.5 Å². The summed E-state index contributed by atoms with van der Waals surface area (Å²) in [6.45, 7) is 5.82. The van der Waals surface area contributed by atoms with Gasteiger partial charge in [0.15, 0.2) is 6.10 Å². The number of phenols is 1. The lowest BCUT2D eigenvalue weighted by atomic mass is 10.1. The van der Waals surface area contributed by atoms with Gasteiger partial charge >= 0.3 is 0 Å². The molecule has 0 fully saturated rings. The van der Waals surface area contributed by atoms with Crippen LogP contribution in [0.15, 0.2) is 18.2 Å². The van der Waals surface area contributed by atoms with Crippen LogP contribution >= 0.6 is 0 Å². The van der Waals surface area contributed by atoms with Crippen LogP contribution in [0.5, 0.6) is 11.5 Å². The third kappa shape index (κ3) is 1.95. The smallest absolute Gasteiger partial charge is 0.268 e. The summed E-state index contributed by atoms with van der Waals surface area (Å²) in [4.78, 5) is 13.9. The zero-order valence-electron chi connectivity index (χ0n) is 10.3. The maximum absolute atomic E-state index is 12.2. The van der Waals surface area contributed by atoms with Gasteiger partial charge in [-0.15, -0.1) is 0 Å². The quantitative estimate of drug-likeness (QED) is 0.855. The molecule has 1 atom stereocenters. The maximum atomic E-state index is 12.2. The standard InChI is InChI=1S/C13H17NO3/c1-4-11-13(16)14(8(2)3)10-7-9(15)5-6-12(10)17-11/h5-8,11,15H,4H2,1-3H3. The molecule has 0 aliphatic carbocycles. The number of fused-ring (bicyclic) bond motifs is 1. The predicted molar refractivity (Wildman–Crippen MR) is 65.4 cm³/mol. The Bertz CT molecular complexity index is 442. The van der Waals surface area contributed by atoms with Crippen LogP contribution in [0, 0.1) is 0 Å². The molecule has 1 aliphatic rings. The van der Waals surface area contributed by atoms with Gasteiger partial charge in [0.1, 0.15) is 11.5 Å². The fourth-order valence-corrected chi connectivity index (χ4v) is 2.06. The Morgan fingerprint density at radius 1 is 1.47 bits per heavy atom. The second-order valence-electron chi connectivity index (χ2n) is 4.47. The molecule has 92 valence electrons. The number of nitrogens with zero attached hydrogens (tertiary/aromatic N) is 1. The second kappa shape index (κ2) is 4.28. The van der Waals surface area contributed by atoms with Crippen LogP contribution in [0.3, 0.4) is 0 Å². The lowest BCUT2D eigenvalue weighted by molar-refractivity contribution is -0.126. The third-order valence-electron chi connectivity index (χ3n) is 2.87. The maximum Gasteiger partial charge on any atom is 0.268 e. The fraction of sp³-hybridized carbons (Fsp3) is 0.462. The average molecular weight is 235 g/mol. The molecule has 0 saturated carbocycles. The largest absolute Gasteiger partial charge is 0.508 e. The van der Waals surface area contributed by atoms with Gasteiger partial charge < -0.3 is 14.7 Å². The van der Waals surface area contributed by atoms with E-state index in [4.69, 9.17) is 4.74 Å². The van der Waals surface area contributed by atoms with Crippen molar-refractivity contribution in [1.82, 2.24) is 0 Å². The summed E-state index contributed by atoms with van der Waals surface area (Å²) >= 11 is 0. The van der Waals surface area contributed by atoms with Gasteiger partial charge in [0.05, 0.1) is 5.69 Å². The Labute approximate surface area is 101 Å². The molecule has 1 amide bonds. The molecule has 0 radical (unpaired) electrons. The molecule has 1 aliphatic heterocycles. The van der Waals surface area contributed by atoms with Crippen LogP contribution < -0.4 is 9.64 Å². The highest BCUT2D eigenvalue weighted by Gasteiger charge is 2.34. The number of aromatic hydroxyl groups is 1. The van der Waals surface area contributed by atoms with Crippen molar-refractivity contribution in [3.05, 3.63) is 18.2 Å². The van der Waals surface area contributed by atoms with Crippen LogP contribution in [0.2, 0.25) is 0 Å². The van der Waals surface area contributed by atoms with Gasteiger partial charge in [-0.2, -0.15) is 0 Å². The lowest BCUT2D eigenvalue weighted by Gasteiger charge is -2.36. The number of rotatable bonds is 2. The van der Waals surface area contributed by atoms with Gasteiger partial charge in [-0.25, -0.2) is 0 Å². The van der Waals surface area contributed by atoms with Gasteiger partial charge in [0, 0.05) is 12.1 Å².